The van der Waals surface area contributed by atoms with Crippen molar-refractivity contribution in [3.05, 3.63) is 59.7 Å². The van der Waals surface area contributed by atoms with Gasteiger partial charge in [0.2, 0.25) is 0 Å². The molecule has 0 unspecified atom stereocenters. The van der Waals surface area contributed by atoms with E-state index in [0.29, 0.717) is 0 Å². The van der Waals surface area contributed by atoms with Gasteiger partial charge in [0.15, 0.2) is 0 Å². The molecule has 0 spiro atoms. The topological polar surface area (TPSA) is 33.6 Å². The van der Waals surface area contributed by atoms with Crippen molar-refractivity contribution in [3.8, 4) is 5.75 Å². The van der Waals surface area contributed by atoms with Gasteiger partial charge in [0, 0.05) is 5.56 Å². The summed E-state index contributed by atoms with van der Waals surface area (Å²) in [5.74, 6) is 0.871. The van der Waals surface area contributed by atoms with E-state index >= 15 is 0 Å². The Morgan fingerprint density at radius 2 is 1.95 bits per heavy atom. The Morgan fingerprint density at radius 3 is 2.70 bits per heavy atom. The quantitative estimate of drug-likeness (QED) is 0.628. The molecule has 3 nitrogen and oxygen atoms in total. The molecule has 20 heavy (non-hydrogen) atoms. The standard InChI is InChI=1S/C17H20N2O/c1-3-11-20-17-10-9-14(2)12-15(17)13-18-19-16-7-5-4-6-8-16/h4-10,12-13,19H,3,11H2,1-2H3. The molecule has 0 saturated heterocycles. The summed E-state index contributed by atoms with van der Waals surface area (Å²) in [5.41, 5.74) is 6.15. The molecule has 0 aromatic heterocycles. The van der Waals surface area contributed by atoms with Crippen molar-refractivity contribution < 1.29 is 4.74 Å². The predicted octanol–water partition coefficient (Wildman–Crippen LogP) is 4.23. The van der Waals surface area contributed by atoms with Crippen molar-refractivity contribution in [2.24, 2.45) is 5.10 Å². The molecule has 0 aliphatic carbocycles. The van der Waals surface area contributed by atoms with Crippen LogP contribution in [0.15, 0.2) is 53.6 Å². The number of hydrogen-bond donors (Lipinski definition) is 1. The monoisotopic (exact) mass is 268 g/mol. The third-order valence-corrected chi connectivity index (χ3v) is 2.80. The van der Waals surface area contributed by atoms with Crippen LogP contribution in [0.4, 0.5) is 5.69 Å². The van der Waals surface area contributed by atoms with Gasteiger partial charge >= 0.3 is 0 Å². The molecule has 0 heterocycles. The van der Waals surface area contributed by atoms with E-state index < -0.39 is 0 Å². The second-order valence-electron chi connectivity index (χ2n) is 4.63. The van der Waals surface area contributed by atoms with Crippen molar-refractivity contribution in [3.63, 3.8) is 0 Å². The Labute approximate surface area is 120 Å². The van der Waals surface area contributed by atoms with E-state index in [-0.39, 0.29) is 0 Å². The Bertz CT molecular complexity index is 564. The van der Waals surface area contributed by atoms with Gasteiger partial charge in [0.05, 0.1) is 18.5 Å². The first-order chi connectivity index (χ1) is 9.79. The minimum atomic E-state index is 0.718. The van der Waals surface area contributed by atoms with Gasteiger partial charge in [-0.25, -0.2) is 0 Å². The summed E-state index contributed by atoms with van der Waals surface area (Å²) in [4.78, 5) is 0. The lowest BCUT2D eigenvalue weighted by Gasteiger charge is -2.08. The van der Waals surface area contributed by atoms with Crippen molar-refractivity contribution in [1.29, 1.82) is 0 Å². The van der Waals surface area contributed by atoms with Gasteiger partial charge in [-0.1, -0.05) is 36.8 Å². The van der Waals surface area contributed by atoms with Crippen LogP contribution in [-0.2, 0) is 0 Å². The summed E-state index contributed by atoms with van der Waals surface area (Å²) in [5, 5.41) is 4.27. The molecule has 2 aromatic rings. The summed E-state index contributed by atoms with van der Waals surface area (Å²) in [6, 6.07) is 16.0. The number of ether oxygens (including phenoxy) is 1. The summed E-state index contributed by atoms with van der Waals surface area (Å²) < 4.78 is 5.73. The van der Waals surface area contributed by atoms with Crippen LogP contribution in [0.5, 0.6) is 5.75 Å². The molecule has 0 atom stereocenters. The summed E-state index contributed by atoms with van der Waals surface area (Å²) in [6.07, 6.45) is 2.79. The highest BCUT2D eigenvalue weighted by atomic mass is 16.5. The molecule has 0 bridgehead atoms. The highest BCUT2D eigenvalue weighted by Gasteiger charge is 2.01. The number of hydrogen-bond acceptors (Lipinski definition) is 3. The van der Waals surface area contributed by atoms with E-state index in [1.807, 2.05) is 42.5 Å². The van der Waals surface area contributed by atoms with Crippen LogP contribution in [-0.4, -0.2) is 12.8 Å². The summed E-state index contributed by atoms with van der Waals surface area (Å²) >= 11 is 0. The number of aryl methyl sites for hydroxylation is 1. The Morgan fingerprint density at radius 1 is 1.15 bits per heavy atom. The third kappa shape index (κ3) is 4.12. The van der Waals surface area contributed by atoms with Crippen molar-refractivity contribution in [1.82, 2.24) is 0 Å². The van der Waals surface area contributed by atoms with E-state index in [9.17, 15) is 0 Å². The van der Waals surface area contributed by atoms with Gasteiger partial charge in [0.25, 0.3) is 0 Å². The molecule has 104 valence electrons. The van der Waals surface area contributed by atoms with Crippen molar-refractivity contribution in [2.45, 2.75) is 20.3 Å². The SMILES string of the molecule is CCCOc1ccc(C)cc1C=NNc1ccccc1. The fourth-order valence-corrected chi connectivity index (χ4v) is 1.80. The normalized spacial score (nSPS) is 10.7. The third-order valence-electron chi connectivity index (χ3n) is 2.80. The Kier molecular flexibility index (Phi) is 5.18. The smallest absolute Gasteiger partial charge is 0.128 e. The number of para-hydroxylation sites is 1. The number of nitrogens with zero attached hydrogens (tertiary/aromatic N) is 1. The molecule has 0 aliphatic heterocycles. The maximum atomic E-state index is 5.73. The second-order valence-corrected chi connectivity index (χ2v) is 4.63. The van der Waals surface area contributed by atoms with Crippen LogP contribution >= 0.6 is 0 Å². The van der Waals surface area contributed by atoms with E-state index in [0.717, 1.165) is 30.0 Å². The van der Waals surface area contributed by atoms with Gasteiger partial charge < -0.3 is 4.74 Å². The van der Waals surface area contributed by atoms with Crippen LogP contribution in [0.3, 0.4) is 0 Å². The van der Waals surface area contributed by atoms with Gasteiger partial charge in [-0.05, 0) is 37.6 Å². The number of anilines is 1. The van der Waals surface area contributed by atoms with E-state index in [1.165, 1.54) is 5.56 Å². The van der Waals surface area contributed by atoms with Gasteiger partial charge in [-0.3, -0.25) is 5.43 Å². The minimum Gasteiger partial charge on any atom is -0.493 e. The molecule has 0 fully saturated rings. The first-order valence-corrected chi connectivity index (χ1v) is 6.87. The molecular formula is C17H20N2O. The number of benzene rings is 2. The molecular weight excluding hydrogens is 248 g/mol. The van der Waals surface area contributed by atoms with Gasteiger partial charge in [-0.2, -0.15) is 5.10 Å². The zero-order chi connectivity index (χ0) is 14.2. The lowest BCUT2D eigenvalue weighted by Crippen LogP contribution is -1.99. The molecule has 3 heteroatoms. The largest absolute Gasteiger partial charge is 0.493 e. The first-order valence-electron chi connectivity index (χ1n) is 6.87. The maximum absolute atomic E-state index is 5.73. The lowest BCUT2D eigenvalue weighted by molar-refractivity contribution is 0.317. The maximum Gasteiger partial charge on any atom is 0.128 e. The molecule has 0 saturated carbocycles. The van der Waals surface area contributed by atoms with Crippen LogP contribution < -0.4 is 10.2 Å². The van der Waals surface area contributed by atoms with Crippen LogP contribution in [0.2, 0.25) is 0 Å². The fourth-order valence-electron chi connectivity index (χ4n) is 1.80. The summed E-state index contributed by atoms with van der Waals surface area (Å²) in [6.45, 7) is 4.88. The zero-order valence-corrected chi connectivity index (χ0v) is 12.0. The number of rotatable bonds is 6. The fraction of sp³-hybridized carbons (Fsp3) is 0.235. The van der Waals surface area contributed by atoms with Gasteiger partial charge in [-0.15, -0.1) is 0 Å². The minimum absolute atomic E-state index is 0.718. The molecule has 1 N–H and O–H groups in total. The zero-order valence-electron chi connectivity index (χ0n) is 12.0. The molecule has 0 amide bonds. The molecule has 2 rings (SSSR count). The van der Waals surface area contributed by atoms with Crippen LogP contribution in [0, 0.1) is 6.92 Å². The summed E-state index contributed by atoms with van der Waals surface area (Å²) in [7, 11) is 0. The number of nitrogens with one attached hydrogen (secondary N) is 1. The molecule has 2 aromatic carbocycles. The van der Waals surface area contributed by atoms with E-state index in [4.69, 9.17) is 4.74 Å². The van der Waals surface area contributed by atoms with Crippen molar-refractivity contribution >= 4 is 11.9 Å². The Balaban J connectivity index is 2.09. The van der Waals surface area contributed by atoms with E-state index in [2.05, 4.69) is 30.4 Å². The number of hydrazone groups is 1. The highest BCUT2D eigenvalue weighted by molar-refractivity contribution is 5.84. The lowest BCUT2D eigenvalue weighted by atomic mass is 10.1. The van der Waals surface area contributed by atoms with Crippen LogP contribution in [0.1, 0.15) is 24.5 Å². The predicted molar refractivity (Wildman–Crippen MR) is 84.6 cm³/mol. The van der Waals surface area contributed by atoms with Crippen LogP contribution in [0.25, 0.3) is 0 Å². The van der Waals surface area contributed by atoms with E-state index in [1.54, 1.807) is 6.21 Å². The average Bonchev–Trinajstić information content (AvgIpc) is 2.47. The van der Waals surface area contributed by atoms with Gasteiger partial charge in [0.1, 0.15) is 5.75 Å². The Hall–Kier alpha value is -2.29. The average molecular weight is 268 g/mol. The molecule has 0 radical (unpaired) electrons. The second kappa shape index (κ2) is 7.34. The van der Waals surface area contributed by atoms with Crippen molar-refractivity contribution in [2.75, 3.05) is 12.0 Å². The highest BCUT2D eigenvalue weighted by Crippen LogP contribution is 2.18. The molecule has 0 aliphatic rings. The first kappa shape index (κ1) is 14.1.